The predicted molar refractivity (Wildman–Crippen MR) is 72.9 cm³/mol. The molecule has 0 saturated heterocycles. The van der Waals surface area contributed by atoms with E-state index in [9.17, 15) is 4.79 Å². The average Bonchev–Trinajstić information content (AvgIpc) is 2.22. The highest BCUT2D eigenvalue weighted by Gasteiger charge is 2.12. The molecule has 1 rings (SSSR count). The van der Waals surface area contributed by atoms with E-state index in [1.54, 1.807) is 24.3 Å². The van der Waals surface area contributed by atoms with Crippen molar-refractivity contribution in [2.45, 2.75) is 0 Å². The first-order valence-corrected chi connectivity index (χ1v) is 5.38. The third kappa shape index (κ3) is 3.47. The third-order valence-corrected chi connectivity index (χ3v) is 2.35. The molecule has 0 aliphatic carbocycles. The minimum atomic E-state index is -0.516. The summed E-state index contributed by atoms with van der Waals surface area (Å²) in [5, 5.41) is 10.0. The summed E-state index contributed by atoms with van der Waals surface area (Å²) in [5.74, 6) is 1.43. The molecule has 6 heteroatoms. The van der Waals surface area contributed by atoms with E-state index in [0.717, 1.165) is 0 Å². The van der Waals surface area contributed by atoms with Crippen LogP contribution in [0.3, 0.4) is 0 Å². The van der Waals surface area contributed by atoms with Gasteiger partial charge < -0.3 is 5.32 Å². The van der Waals surface area contributed by atoms with E-state index < -0.39 is 5.91 Å². The summed E-state index contributed by atoms with van der Waals surface area (Å²) in [7, 11) is 0. The Morgan fingerprint density at radius 2 is 2.00 bits per heavy atom. The molecule has 1 aromatic carbocycles. The van der Waals surface area contributed by atoms with Crippen LogP contribution >= 0.6 is 36.4 Å². The Labute approximate surface area is 108 Å². The molecular weight excluding hydrogens is 264 g/mol. The van der Waals surface area contributed by atoms with Gasteiger partial charge in [-0.3, -0.25) is 10.2 Å². The van der Waals surface area contributed by atoms with Gasteiger partial charge in [-0.2, -0.15) is 0 Å². The molecule has 0 radical (unpaired) electrons. The van der Waals surface area contributed by atoms with Crippen molar-refractivity contribution in [1.29, 1.82) is 5.41 Å². The molecule has 16 heavy (non-hydrogen) atoms. The molecule has 2 N–H and O–H groups in total. The molecule has 1 aromatic rings. The molecule has 1 amide bonds. The molecule has 0 atom stereocenters. The van der Waals surface area contributed by atoms with Crippen molar-refractivity contribution in [3.05, 3.63) is 34.9 Å². The number of halogens is 1. The number of carbonyl (C=O) groups is 1. The number of hydrogen-bond acceptors (Lipinski definition) is 3. The van der Waals surface area contributed by atoms with Crippen LogP contribution in [0.4, 0.5) is 5.69 Å². The zero-order chi connectivity index (χ0) is 12.1. The number of carbonyl (C=O) groups excluding carboxylic acids is 1. The van der Waals surface area contributed by atoms with Gasteiger partial charge in [-0.05, 0) is 30.1 Å². The van der Waals surface area contributed by atoms with Crippen LogP contribution < -0.4 is 5.32 Å². The molecule has 0 spiro atoms. The van der Waals surface area contributed by atoms with Crippen LogP contribution in [-0.4, -0.2) is 16.0 Å². The lowest BCUT2D eigenvalue weighted by Crippen LogP contribution is -2.17. The zero-order valence-corrected chi connectivity index (χ0v) is 10.4. The van der Waals surface area contributed by atoms with Gasteiger partial charge in [-0.1, -0.05) is 23.8 Å². The Balaban J connectivity index is 2.83. The quantitative estimate of drug-likeness (QED) is 0.342. The fourth-order valence-corrected chi connectivity index (χ4v) is 1.36. The van der Waals surface area contributed by atoms with Gasteiger partial charge in [-0.15, -0.1) is 12.6 Å². The van der Waals surface area contributed by atoms with Crippen LogP contribution in [0.1, 0.15) is 0 Å². The van der Waals surface area contributed by atoms with Crippen molar-refractivity contribution in [2.24, 2.45) is 0 Å². The number of benzene rings is 1. The smallest absolute Gasteiger partial charge is 0.267 e. The van der Waals surface area contributed by atoms with Gasteiger partial charge in [0.2, 0.25) is 0 Å². The second kappa shape index (κ2) is 5.82. The van der Waals surface area contributed by atoms with Crippen LogP contribution in [0.2, 0.25) is 5.02 Å². The largest absolute Gasteiger partial charge is 0.321 e. The highest BCUT2D eigenvalue weighted by Crippen LogP contribution is 2.14. The molecule has 0 aliphatic rings. The number of hydrogen-bond donors (Lipinski definition) is 3. The monoisotopic (exact) mass is 270 g/mol. The normalized spacial score (nSPS) is 9.12. The molecule has 3 nitrogen and oxygen atoms in total. The van der Waals surface area contributed by atoms with Gasteiger partial charge >= 0.3 is 0 Å². The summed E-state index contributed by atoms with van der Waals surface area (Å²) in [4.78, 5) is 11.6. The molecule has 0 fully saturated rings. The standard InChI is InChI=1S/C10H7ClN2OS2/c11-6-1-3-7(4-2-6)13-9(14)8(5-12)10(15)16/h1-4,12H,(H,13,14)(H,15,16). The first-order valence-electron chi connectivity index (χ1n) is 4.14. The number of nitrogens with one attached hydrogen (secondary N) is 2. The summed E-state index contributed by atoms with van der Waals surface area (Å²) in [6, 6.07) is 6.57. The maximum Gasteiger partial charge on any atom is 0.267 e. The van der Waals surface area contributed by atoms with Crippen molar-refractivity contribution in [2.75, 3.05) is 5.32 Å². The van der Waals surface area contributed by atoms with Gasteiger partial charge in [0.25, 0.3) is 5.91 Å². The summed E-state index contributed by atoms with van der Waals surface area (Å²) in [6.07, 6.45) is 0. The lowest BCUT2D eigenvalue weighted by atomic mass is 10.2. The third-order valence-electron chi connectivity index (χ3n) is 1.67. The first kappa shape index (κ1) is 12.9. The van der Waals surface area contributed by atoms with Crippen LogP contribution in [-0.2, 0) is 4.79 Å². The maximum atomic E-state index is 11.6. The molecule has 82 valence electrons. The van der Waals surface area contributed by atoms with Crippen LogP contribution in [0.25, 0.3) is 0 Å². The van der Waals surface area contributed by atoms with Gasteiger partial charge in [0.1, 0.15) is 5.57 Å². The van der Waals surface area contributed by atoms with Crippen LogP contribution in [0.5, 0.6) is 0 Å². The summed E-state index contributed by atoms with van der Waals surface area (Å²) in [6.45, 7) is 0. The predicted octanol–water partition coefficient (Wildman–Crippen LogP) is 2.71. The van der Waals surface area contributed by atoms with Crippen molar-refractivity contribution in [3.63, 3.8) is 0 Å². The second-order valence-corrected chi connectivity index (χ2v) is 4.36. The fourth-order valence-electron chi connectivity index (χ4n) is 0.934. The Bertz CT molecular complexity index is 478. The van der Waals surface area contributed by atoms with Gasteiger partial charge in [0.15, 0.2) is 0 Å². The Hall–Kier alpha value is -1.13. The van der Waals surface area contributed by atoms with E-state index in [-0.39, 0.29) is 9.77 Å². The Morgan fingerprint density at radius 3 is 2.44 bits per heavy atom. The van der Waals surface area contributed by atoms with E-state index >= 15 is 0 Å². The molecular formula is C10H7ClN2OS2. The number of thiol groups is 1. The highest BCUT2D eigenvalue weighted by atomic mass is 35.5. The summed E-state index contributed by atoms with van der Waals surface area (Å²) >= 11 is 14.2. The number of thiocarbonyl (C=S) groups is 1. The van der Waals surface area contributed by atoms with E-state index in [1.807, 2.05) is 5.87 Å². The highest BCUT2D eigenvalue weighted by molar-refractivity contribution is 8.12. The fraction of sp³-hybridized carbons (Fsp3) is 0. The summed E-state index contributed by atoms with van der Waals surface area (Å²) in [5.41, 5.74) is 0.486. The lowest BCUT2D eigenvalue weighted by Gasteiger charge is -2.04. The van der Waals surface area contributed by atoms with E-state index in [4.69, 9.17) is 29.2 Å². The number of rotatable bonds is 3. The number of amides is 1. The van der Waals surface area contributed by atoms with Crippen molar-refractivity contribution in [3.8, 4) is 0 Å². The molecule has 0 aromatic heterocycles. The first-order chi connectivity index (χ1) is 7.54. The molecule has 0 saturated carbocycles. The number of anilines is 1. The Morgan fingerprint density at radius 1 is 1.44 bits per heavy atom. The molecule has 0 aliphatic heterocycles. The van der Waals surface area contributed by atoms with Crippen molar-refractivity contribution in [1.82, 2.24) is 0 Å². The topological polar surface area (TPSA) is 53.0 Å². The maximum absolute atomic E-state index is 11.6. The minimum Gasteiger partial charge on any atom is -0.321 e. The van der Waals surface area contributed by atoms with Crippen molar-refractivity contribution >= 4 is 58.1 Å². The molecule has 0 bridgehead atoms. The minimum absolute atomic E-state index is 0.0291. The van der Waals surface area contributed by atoms with Gasteiger partial charge in [-0.25, -0.2) is 0 Å². The van der Waals surface area contributed by atoms with E-state index in [2.05, 4.69) is 17.9 Å². The van der Waals surface area contributed by atoms with Crippen LogP contribution in [0.15, 0.2) is 29.8 Å². The lowest BCUT2D eigenvalue weighted by molar-refractivity contribution is -0.112. The van der Waals surface area contributed by atoms with Crippen LogP contribution in [0, 0.1) is 5.41 Å². The SMILES string of the molecule is N=C=C(C(=O)Nc1ccc(Cl)cc1)C(=S)S. The van der Waals surface area contributed by atoms with E-state index in [0.29, 0.717) is 10.7 Å². The average molecular weight is 271 g/mol. The second-order valence-electron chi connectivity index (χ2n) is 2.77. The molecule has 0 heterocycles. The molecule has 0 unspecified atom stereocenters. The van der Waals surface area contributed by atoms with Gasteiger partial charge in [0, 0.05) is 10.7 Å². The van der Waals surface area contributed by atoms with E-state index in [1.165, 1.54) is 0 Å². The summed E-state index contributed by atoms with van der Waals surface area (Å²) < 4.78 is 0.0291. The van der Waals surface area contributed by atoms with Crippen molar-refractivity contribution < 1.29 is 4.79 Å². The van der Waals surface area contributed by atoms with Gasteiger partial charge in [0.05, 0.1) is 4.20 Å². The zero-order valence-electron chi connectivity index (χ0n) is 7.95. The Kier molecular flexibility index (Phi) is 4.71.